The van der Waals surface area contributed by atoms with Gasteiger partial charge in [0.05, 0.1) is 0 Å². The molecule has 0 radical (unpaired) electrons. The summed E-state index contributed by atoms with van der Waals surface area (Å²) in [5, 5.41) is 4.61. The molecule has 2 aromatic carbocycles. The van der Waals surface area contributed by atoms with Gasteiger partial charge in [0.2, 0.25) is 0 Å². The molecule has 0 aliphatic carbocycles. The van der Waals surface area contributed by atoms with Crippen LogP contribution in [0.1, 0.15) is 30.4 Å². The number of thioether (sulfide) groups is 1. The molecule has 1 nitrogen and oxygen atoms in total. The van der Waals surface area contributed by atoms with Gasteiger partial charge in [-0.15, -0.1) is 11.8 Å². The van der Waals surface area contributed by atoms with Crippen molar-refractivity contribution in [1.82, 2.24) is 5.32 Å². The quantitative estimate of drug-likeness (QED) is 0.612. The predicted molar refractivity (Wildman–Crippen MR) is 99.4 cm³/mol. The fraction of sp³-hybridized carbons (Fsp3) is 0.333. The van der Waals surface area contributed by atoms with Crippen molar-refractivity contribution in [3.63, 3.8) is 0 Å². The minimum absolute atomic E-state index is 0.581. The summed E-state index contributed by atoms with van der Waals surface area (Å²) in [5.74, 6) is 1.43. The molecule has 2 rings (SSSR count). The molecule has 0 heterocycles. The van der Waals surface area contributed by atoms with E-state index in [4.69, 9.17) is 23.2 Å². The van der Waals surface area contributed by atoms with Crippen LogP contribution in [0.25, 0.3) is 0 Å². The second-order valence-electron chi connectivity index (χ2n) is 5.39. The van der Waals surface area contributed by atoms with Gasteiger partial charge >= 0.3 is 0 Å². The van der Waals surface area contributed by atoms with Crippen molar-refractivity contribution in [3.05, 3.63) is 63.6 Å². The minimum Gasteiger partial charge on any atom is -0.320 e. The van der Waals surface area contributed by atoms with E-state index in [0.717, 1.165) is 29.3 Å². The molecule has 1 N–H and O–H groups in total. The number of hydrogen-bond acceptors (Lipinski definition) is 2. The third kappa shape index (κ3) is 5.20. The van der Waals surface area contributed by atoms with Crippen molar-refractivity contribution in [2.75, 3.05) is 13.6 Å². The Labute approximate surface area is 147 Å². The van der Waals surface area contributed by atoms with E-state index in [1.54, 1.807) is 17.8 Å². The fourth-order valence-electron chi connectivity index (χ4n) is 2.22. The molecule has 0 amide bonds. The molecule has 0 aromatic heterocycles. The first-order valence-corrected chi connectivity index (χ1v) is 9.15. The molecule has 2 aromatic rings. The van der Waals surface area contributed by atoms with Crippen molar-refractivity contribution in [3.8, 4) is 0 Å². The highest BCUT2D eigenvalue weighted by Crippen LogP contribution is 2.29. The first kappa shape index (κ1) is 17.7. The number of halogens is 2. The van der Waals surface area contributed by atoms with Crippen LogP contribution in [-0.2, 0) is 5.75 Å². The topological polar surface area (TPSA) is 12.0 Å². The molecule has 1 atom stereocenters. The highest BCUT2D eigenvalue weighted by molar-refractivity contribution is 7.98. The number of benzene rings is 2. The van der Waals surface area contributed by atoms with Crippen molar-refractivity contribution in [2.45, 2.75) is 29.9 Å². The molecular weight excluding hydrogens is 333 g/mol. The summed E-state index contributed by atoms with van der Waals surface area (Å²) < 4.78 is 0. The van der Waals surface area contributed by atoms with Crippen molar-refractivity contribution in [1.29, 1.82) is 0 Å². The Balaban J connectivity index is 1.93. The zero-order chi connectivity index (χ0) is 15.9. The fourth-order valence-corrected chi connectivity index (χ4v) is 3.68. The van der Waals surface area contributed by atoms with Crippen LogP contribution in [0.5, 0.6) is 0 Å². The smallest absolute Gasteiger partial charge is 0.0461 e. The molecule has 22 heavy (non-hydrogen) atoms. The third-order valence-electron chi connectivity index (χ3n) is 3.69. The molecule has 118 valence electrons. The lowest BCUT2D eigenvalue weighted by Crippen LogP contribution is -2.10. The highest BCUT2D eigenvalue weighted by Gasteiger charge is 2.06. The molecule has 0 aliphatic rings. The molecule has 0 spiro atoms. The van der Waals surface area contributed by atoms with Gasteiger partial charge < -0.3 is 5.32 Å². The highest BCUT2D eigenvalue weighted by atomic mass is 35.5. The van der Waals surface area contributed by atoms with Gasteiger partial charge in [-0.1, -0.05) is 48.3 Å². The van der Waals surface area contributed by atoms with Gasteiger partial charge in [0.15, 0.2) is 0 Å². The normalized spacial score (nSPS) is 12.4. The Kier molecular flexibility index (Phi) is 7.10. The maximum atomic E-state index is 6.21. The average molecular weight is 354 g/mol. The van der Waals surface area contributed by atoms with E-state index in [-0.39, 0.29) is 0 Å². The van der Waals surface area contributed by atoms with Crippen LogP contribution in [0.4, 0.5) is 0 Å². The van der Waals surface area contributed by atoms with Crippen molar-refractivity contribution in [2.24, 2.45) is 0 Å². The summed E-state index contributed by atoms with van der Waals surface area (Å²) in [6.45, 7) is 3.32. The van der Waals surface area contributed by atoms with Crippen LogP contribution in [0.3, 0.4) is 0 Å². The van der Waals surface area contributed by atoms with E-state index in [1.165, 1.54) is 10.5 Å². The molecule has 0 aliphatic heterocycles. The molecule has 0 fully saturated rings. The Morgan fingerprint density at radius 2 is 1.82 bits per heavy atom. The van der Waals surface area contributed by atoms with Gasteiger partial charge in [0.1, 0.15) is 0 Å². The Morgan fingerprint density at radius 1 is 1.09 bits per heavy atom. The molecule has 1 unspecified atom stereocenters. The van der Waals surface area contributed by atoms with Crippen molar-refractivity contribution >= 4 is 35.0 Å². The minimum atomic E-state index is 0.581. The molecule has 0 saturated carbocycles. The van der Waals surface area contributed by atoms with Gasteiger partial charge in [-0.2, -0.15) is 0 Å². The zero-order valence-corrected chi connectivity index (χ0v) is 15.2. The maximum Gasteiger partial charge on any atom is 0.0461 e. The summed E-state index contributed by atoms with van der Waals surface area (Å²) in [6.07, 6.45) is 1.16. The number of nitrogens with one attached hydrogen (secondary N) is 1. The van der Waals surface area contributed by atoms with Crippen LogP contribution in [0.15, 0.2) is 47.4 Å². The van der Waals surface area contributed by atoms with Gasteiger partial charge in [-0.05, 0) is 61.3 Å². The summed E-state index contributed by atoms with van der Waals surface area (Å²) in [7, 11) is 1.99. The Morgan fingerprint density at radius 3 is 2.45 bits per heavy atom. The SMILES string of the molecule is CNCCC(C)c1ccc(SCc2ccc(Cl)cc2Cl)cc1. The molecule has 0 saturated heterocycles. The van der Waals surface area contributed by atoms with E-state index in [1.807, 2.05) is 19.2 Å². The van der Waals surface area contributed by atoms with Crippen LogP contribution in [-0.4, -0.2) is 13.6 Å². The first-order valence-electron chi connectivity index (χ1n) is 7.41. The van der Waals surface area contributed by atoms with Crippen LogP contribution in [0, 0.1) is 0 Å². The van der Waals surface area contributed by atoms with E-state index >= 15 is 0 Å². The first-order chi connectivity index (χ1) is 10.6. The second-order valence-corrected chi connectivity index (χ2v) is 7.28. The molecule has 4 heteroatoms. The van der Waals surface area contributed by atoms with Crippen LogP contribution < -0.4 is 5.32 Å². The lowest BCUT2D eigenvalue weighted by Gasteiger charge is -2.12. The van der Waals surface area contributed by atoms with E-state index in [0.29, 0.717) is 10.9 Å². The Bertz CT molecular complexity index is 599. The van der Waals surface area contributed by atoms with Crippen LogP contribution >= 0.6 is 35.0 Å². The molecule has 0 bridgehead atoms. The summed E-state index contributed by atoms with van der Waals surface area (Å²) in [6, 6.07) is 14.5. The van der Waals surface area contributed by atoms with Crippen molar-refractivity contribution < 1.29 is 0 Å². The van der Waals surface area contributed by atoms with Gasteiger partial charge in [-0.25, -0.2) is 0 Å². The van der Waals surface area contributed by atoms with E-state index in [9.17, 15) is 0 Å². The summed E-state index contributed by atoms with van der Waals surface area (Å²) in [5.41, 5.74) is 2.51. The summed E-state index contributed by atoms with van der Waals surface area (Å²) >= 11 is 13.9. The monoisotopic (exact) mass is 353 g/mol. The lowest BCUT2D eigenvalue weighted by atomic mass is 9.98. The van der Waals surface area contributed by atoms with Gasteiger partial charge in [0.25, 0.3) is 0 Å². The van der Waals surface area contributed by atoms with Gasteiger partial charge in [-0.3, -0.25) is 0 Å². The Hall–Kier alpha value is -0.670. The second kappa shape index (κ2) is 8.83. The molecular formula is C18H21Cl2NS. The van der Waals surface area contributed by atoms with Crippen LogP contribution in [0.2, 0.25) is 10.0 Å². The van der Waals surface area contributed by atoms with E-state index in [2.05, 4.69) is 36.5 Å². The zero-order valence-electron chi connectivity index (χ0n) is 12.9. The van der Waals surface area contributed by atoms with E-state index < -0.39 is 0 Å². The predicted octanol–water partition coefficient (Wildman–Crippen LogP) is 6.00. The standard InChI is InChI=1S/C18H21Cl2NS/c1-13(9-10-21-2)14-4-7-17(8-5-14)22-12-15-3-6-16(19)11-18(15)20/h3-8,11,13,21H,9-10,12H2,1-2H3. The third-order valence-corrected chi connectivity index (χ3v) is 5.33. The number of hydrogen-bond donors (Lipinski definition) is 1. The summed E-state index contributed by atoms with van der Waals surface area (Å²) in [4.78, 5) is 1.26. The van der Waals surface area contributed by atoms with Gasteiger partial charge in [0, 0.05) is 20.7 Å². The maximum absolute atomic E-state index is 6.21. The lowest BCUT2D eigenvalue weighted by molar-refractivity contribution is 0.636. The average Bonchev–Trinajstić information content (AvgIpc) is 2.52. The number of rotatable bonds is 7. The largest absolute Gasteiger partial charge is 0.320 e.